The highest BCUT2D eigenvalue weighted by atomic mass is 32.2. The first-order valence-corrected chi connectivity index (χ1v) is 5.00. The van der Waals surface area contributed by atoms with Crippen molar-refractivity contribution in [2.45, 2.75) is 0 Å². The van der Waals surface area contributed by atoms with Gasteiger partial charge in [-0.2, -0.15) is 0 Å². The summed E-state index contributed by atoms with van der Waals surface area (Å²) >= 11 is 2.61. The van der Waals surface area contributed by atoms with E-state index in [4.69, 9.17) is 0 Å². The third-order valence-electron chi connectivity index (χ3n) is 0.923. The molecule has 1 saturated heterocycles. The molecule has 64 valence electrons. The number of hydrogen-bond acceptors (Lipinski definition) is 5. The maximum Gasteiger partial charge on any atom is 0.286 e. The molecule has 1 N–H and O–H groups in total. The van der Waals surface area contributed by atoms with Crippen molar-refractivity contribution in [3.8, 4) is 0 Å². The van der Waals surface area contributed by atoms with Crippen molar-refractivity contribution in [2.75, 3.05) is 5.75 Å². The van der Waals surface area contributed by atoms with E-state index in [2.05, 4.69) is 10.3 Å². The number of hydrogen-bond donors (Lipinski definition) is 1. The van der Waals surface area contributed by atoms with E-state index in [9.17, 15) is 9.59 Å². The normalized spacial score (nSPS) is 15.0. The van der Waals surface area contributed by atoms with E-state index in [1.165, 1.54) is 0 Å². The average molecular weight is 202 g/mol. The third-order valence-corrected chi connectivity index (χ3v) is 2.22. The van der Waals surface area contributed by atoms with Gasteiger partial charge >= 0.3 is 0 Å². The fourth-order valence-corrected chi connectivity index (χ4v) is 1.36. The van der Waals surface area contributed by atoms with Gasteiger partial charge < -0.3 is 0 Å². The van der Waals surface area contributed by atoms with Crippen molar-refractivity contribution in [1.29, 1.82) is 0 Å². The highest BCUT2D eigenvalue weighted by molar-refractivity contribution is 8.14. The molecule has 0 radical (unpaired) electrons. The SMILES string of the molecule is O=C1CSC(=O)N1.c1cscn1. The van der Waals surface area contributed by atoms with Gasteiger partial charge in [0.25, 0.3) is 5.24 Å². The van der Waals surface area contributed by atoms with Crippen LogP contribution in [0.1, 0.15) is 0 Å². The second kappa shape index (κ2) is 4.89. The molecule has 0 bridgehead atoms. The van der Waals surface area contributed by atoms with Crippen LogP contribution in [0.2, 0.25) is 0 Å². The number of nitrogens with one attached hydrogen (secondary N) is 1. The molecule has 12 heavy (non-hydrogen) atoms. The molecule has 0 aliphatic carbocycles. The van der Waals surface area contributed by atoms with Gasteiger partial charge in [0.05, 0.1) is 11.3 Å². The number of thioether (sulfide) groups is 1. The Morgan fingerprint density at radius 1 is 1.50 bits per heavy atom. The molecule has 1 fully saturated rings. The van der Waals surface area contributed by atoms with Crippen LogP contribution in [-0.2, 0) is 4.79 Å². The zero-order valence-corrected chi connectivity index (χ0v) is 7.65. The van der Waals surface area contributed by atoms with Crippen molar-refractivity contribution in [1.82, 2.24) is 10.3 Å². The Hall–Kier alpha value is -0.880. The van der Waals surface area contributed by atoms with Crippen LogP contribution in [0.15, 0.2) is 17.1 Å². The molecule has 1 aliphatic rings. The topological polar surface area (TPSA) is 59.1 Å². The van der Waals surface area contributed by atoms with Gasteiger partial charge in [0, 0.05) is 11.6 Å². The summed E-state index contributed by atoms with van der Waals surface area (Å²) in [6.07, 6.45) is 1.77. The summed E-state index contributed by atoms with van der Waals surface area (Å²) in [5.74, 6) is 0.105. The number of rotatable bonds is 0. The standard InChI is InChI=1S/C3H3NO2S.C3H3NS/c5-2-1-7-3(6)4-2;1-2-5-3-4-1/h1H2,(H,4,5,6);1-3H. The predicted molar refractivity (Wildman–Crippen MR) is 48.1 cm³/mol. The minimum absolute atomic E-state index is 0.185. The molecule has 6 heteroatoms. The van der Waals surface area contributed by atoms with Gasteiger partial charge in [-0.25, -0.2) is 0 Å². The highest BCUT2D eigenvalue weighted by Gasteiger charge is 2.16. The van der Waals surface area contributed by atoms with Gasteiger partial charge in [0.2, 0.25) is 5.91 Å². The summed E-state index contributed by atoms with van der Waals surface area (Å²) in [6.45, 7) is 0. The molecule has 2 rings (SSSR count). The minimum atomic E-state index is -0.231. The van der Waals surface area contributed by atoms with Gasteiger partial charge in [-0.05, 0) is 0 Å². The largest absolute Gasteiger partial charge is 0.286 e. The van der Waals surface area contributed by atoms with Crippen molar-refractivity contribution in [2.24, 2.45) is 0 Å². The van der Waals surface area contributed by atoms with Crippen LogP contribution in [-0.4, -0.2) is 21.9 Å². The van der Waals surface area contributed by atoms with Crippen LogP contribution >= 0.6 is 23.1 Å². The summed E-state index contributed by atoms with van der Waals surface area (Å²) in [5, 5.41) is 3.80. The number of carbonyl (C=O) groups excluding carboxylic acids is 2. The third kappa shape index (κ3) is 3.49. The number of imide groups is 1. The van der Waals surface area contributed by atoms with Gasteiger partial charge in [-0.1, -0.05) is 11.8 Å². The first kappa shape index (κ1) is 9.21. The Kier molecular flexibility index (Phi) is 3.75. The molecular formula is C6H6N2O2S2. The van der Waals surface area contributed by atoms with Gasteiger partial charge in [-0.15, -0.1) is 11.3 Å². The van der Waals surface area contributed by atoms with Crippen molar-refractivity contribution < 1.29 is 9.59 Å². The smallest absolute Gasteiger partial charge is 0.286 e. The Morgan fingerprint density at radius 3 is 2.50 bits per heavy atom. The molecule has 1 aromatic heterocycles. The van der Waals surface area contributed by atoms with E-state index in [0.717, 1.165) is 11.8 Å². The number of thiazole rings is 1. The zero-order valence-electron chi connectivity index (χ0n) is 6.02. The van der Waals surface area contributed by atoms with Crippen LogP contribution in [0.4, 0.5) is 4.79 Å². The van der Waals surface area contributed by atoms with E-state index in [1.54, 1.807) is 23.0 Å². The zero-order chi connectivity index (χ0) is 8.81. The summed E-state index contributed by atoms with van der Waals surface area (Å²) in [7, 11) is 0. The second-order valence-corrected chi connectivity index (χ2v) is 3.50. The molecule has 2 heterocycles. The minimum Gasteiger partial charge on any atom is -0.286 e. The van der Waals surface area contributed by atoms with E-state index in [-0.39, 0.29) is 11.1 Å². The molecule has 0 saturated carbocycles. The second-order valence-electron chi connectivity index (χ2n) is 1.80. The summed E-state index contributed by atoms with van der Waals surface area (Å²) in [5.41, 5.74) is 1.79. The average Bonchev–Trinajstić information content (AvgIpc) is 2.63. The van der Waals surface area contributed by atoms with Crippen molar-refractivity contribution >= 4 is 34.2 Å². The van der Waals surface area contributed by atoms with Crippen LogP contribution in [0.5, 0.6) is 0 Å². The van der Waals surface area contributed by atoms with Crippen LogP contribution < -0.4 is 5.32 Å². The maximum absolute atomic E-state index is 10.1. The van der Waals surface area contributed by atoms with E-state index in [0.29, 0.717) is 5.75 Å². The Morgan fingerprint density at radius 2 is 2.33 bits per heavy atom. The molecule has 4 nitrogen and oxygen atoms in total. The molecule has 0 unspecified atom stereocenters. The number of amides is 2. The van der Waals surface area contributed by atoms with E-state index >= 15 is 0 Å². The fraction of sp³-hybridized carbons (Fsp3) is 0.167. The molecule has 0 atom stereocenters. The van der Waals surface area contributed by atoms with Crippen LogP contribution in [0.25, 0.3) is 0 Å². The van der Waals surface area contributed by atoms with Crippen molar-refractivity contribution in [3.63, 3.8) is 0 Å². The lowest BCUT2D eigenvalue weighted by molar-refractivity contribution is -0.117. The lowest BCUT2D eigenvalue weighted by Crippen LogP contribution is -2.18. The fourth-order valence-electron chi connectivity index (χ4n) is 0.493. The molecule has 1 aliphatic heterocycles. The number of carbonyl (C=O) groups is 2. The van der Waals surface area contributed by atoms with Crippen molar-refractivity contribution in [3.05, 3.63) is 17.1 Å². The first-order chi connectivity index (χ1) is 5.79. The van der Waals surface area contributed by atoms with E-state index < -0.39 is 0 Å². The lowest BCUT2D eigenvalue weighted by Gasteiger charge is -1.77. The number of aromatic nitrogens is 1. The van der Waals surface area contributed by atoms with Crippen LogP contribution in [0.3, 0.4) is 0 Å². The molecule has 2 amide bonds. The van der Waals surface area contributed by atoms with Gasteiger partial charge in [-0.3, -0.25) is 19.9 Å². The predicted octanol–water partition coefficient (Wildman–Crippen LogP) is 1.11. The van der Waals surface area contributed by atoms with Crippen LogP contribution in [0, 0.1) is 0 Å². The summed E-state index contributed by atoms with van der Waals surface area (Å²) in [4.78, 5) is 23.9. The first-order valence-electron chi connectivity index (χ1n) is 3.08. The highest BCUT2D eigenvalue weighted by Crippen LogP contribution is 2.06. The molecular weight excluding hydrogens is 196 g/mol. The number of nitrogens with zero attached hydrogens (tertiary/aromatic N) is 1. The lowest BCUT2D eigenvalue weighted by atomic mass is 10.7. The monoisotopic (exact) mass is 202 g/mol. The molecule has 0 aromatic carbocycles. The van der Waals surface area contributed by atoms with Gasteiger partial charge in [0.1, 0.15) is 0 Å². The quantitative estimate of drug-likeness (QED) is 0.684. The van der Waals surface area contributed by atoms with Gasteiger partial charge in [0.15, 0.2) is 0 Å². The molecule has 0 spiro atoms. The summed E-state index contributed by atoms with van der Waals surface area (Å²) in [6, 6.07) is 0. The molecule has 1 aromatic rings. The maximum atomic E-state index is 10.1. The Labute approximate surface area is 77.4 Å². The Bertz CT molecular complexity index is 229. The van der Waals surface area contributed by atoms with E-state index in [1.807, 2.05) is 5.38 Å². The summed E-state index contributed by atoms with van der Waals surface area (Å²) < 4.78 is 0. The Balaban J connectivity index is 0.000000127.